The van der Waals surface area contributed by atoms with E-state index < -0.39 is 0 Å². The van der Waals surface area contributed by atoms with Gasteiger partial charge in [0.25, 0.3) is 0 Å². The third-order valence-electron chi connectivity index (χ3n) is 3.20. The van der Waals surface area contributed by atoms with Gasteiger partial charge >= 0.3 is 0 Å². The molecule has 1 aromatic carbocycles. The Morgan fingerprint density at radius 1 is 1.36 bits per heavy atom. The van der Waals surface area contributed by atoms with Crippen molar-refractivity contribution in [3.05, 3.63) is 34.9 Å². The molecule has 0 amide bonds. The molecule has 1 N–H and O–H groups in total. The minimum atomic E-state index is -0.0711. The van der Waals surface area contributed by atoms with E-state index in [4.69, 9.17) is 0 Å². The summed E-state index contributed by atoms with van der Waals surface area (Å²) in [6, 6.07) is 6.49. The lowest BCUT2D eigenvalue weighted by Gasteiger charge is -2.04. The summed E-state index contributed by atoms with van der Waals surface area (Å²) >= 11 is 0. The SMILES string of the molecule is O=CC1NCc2cc(C3CC3)ccc21. The highest BCUT2D eigenvalue weighted by Gasteiger charge is 2.26. The van der Waals surface area contributed by atoms with Gasteiger partial charge in [-0.05, 0) is 35.4 Å². The van der Waals surface area contributed by atoms with Crippen molar-refractivity contribution in [2.45, 2.75) is 31.3 Å². The van der Waals surface area contributed by atoms with Gasteiger partial charge in [0.15, 0.2) is 0 Å². The molecule has 0 saturated heterocycles. The average molecular weight is 187 g/mol. The van der Waals surface area contributed by atoms with Crippen molar-refractivity contribution in [3.63, 3.8) is 0 Å². The number of nitrogens with one attached hydrogen (secondary N) is 1. The third kappa shape index (κ3) is 1.18. The molecule has 1 saturated carbocycles. The van der Waals surface area contributed by atoms with Crippen LogP contribution in [-0.4, -0.2) is 6.29 Å². The van der Waals surface area contributed by atoms with Crippen LogP contribution in [0.2, 0.25) is 0 Å². The van der Waals surface area contributed by atoms with Crippen molar-refractivity contribution < 1.29 is 4.79 Å². The number of carbonyl (C=O) groups excluding carboxylic acids is 1. The Kier molecular flexibility index (Phi) is 1.71. The average Bonchev–Trinajstić information content (AvgIpc) is 2.98. The summed E-state index contributed by atoms with van der Waals surface area (Å²) in [5, 5.41) is 3.19. The van der Waals surface area contributed by atoms with Crippen LogP contribution < -0.4 is 5.32 Å². The van der Waals surface area contributed by atoms with Gasteiger partial charge in [-0.3, -0.25) is 5.32 Å². The molecule has 1 aliphatic carbocycles. The molecule has 1 atom stereocenters. The van der Waals surface area contributed by atoms with Crippen LogP contribution in [0.15, 0.2) is 18.2 Å². The van der Waals surface area contributed by atoms with Crippen LogP contribution in [-0.2, 0) is 11.3 Å². The second kappa shape index (κ2) is 2.92. The first kappa shape index (κ1) is 8.18. The van der Waals surface area contributed by atoms with Crippen molar-refractivity contribution in [2.75, 3.05) is 0 Å². The number of carbonyl (C=O) groups is 1. The Morgan fingerprint density at radius 3 is 2.93 bits per heavy atom. The fourth-order valence-electron chi connectivity index (χ4n) is 2.20. The topological polar surface area (TPSA) is 29.1 Å². The van der Waals surface area contributed by atoms with Crippen molar-refractivity contribution >= 4 is 6.29 Å². The maximum absolute atomic E-state index is 10.7. The van der Waals surface area contributed by atoms with Gasteiger partial charge in [-0.1, -0.05) is 18.2 Å². The maximum Gasteiger partial charge on any atom is 0.141 e. The normalized spacial score (nSPS) is 24.7. The van der Waals surface area contributed by atoms with Gasteiger partial charge in [-0.15, -0.1) is 0 Å². The predicted octanol–water partition coefficient (Wildman–Crippen LogP) is 1.91. The van der Waals surface area contributed by atoms with E-state index in [1.807, 2.05) is 0 Å². The molecular formula is C12H13NO. The van der Waals surface area contributed by atoms with E-state index in [2.05, 4.69) is 23.5 Å². The molecule has 2 nitrogen and oxygen atoms in total. The van der Waals surface area contributed by atoms with Crippen LogP contribution in [0.3, 0.4) is 0 Å². The summed E-state index contributed by atoms with van der Waals surface area (Å²) in [5.74, 6) is 0.801. The molecule has 3 rings (SSSR count). The Bertz CT molecular complexity index is 382. The minimum absolute atomic E-state index is 0.0711. The molecule has 0 aromatic heterocycles. The molecule has 1 unspecified atom stereocenters. The largest absolute Gasteiger partial charge is 0.301 e. The van der Waals surface area contributed by atoms with Gasteiger partial charge in [-0.25, -0.2) is 0 Å². The number of aldehydes is 1. The van der Waals surface area contributed by atoms with Crippen LogP contribution >= 0.6 is 0 Å². The van der Waals surface area contributed by atoms with Crippen molar-refractivity contribution in [2.24, 2.45) is 0 Å². The molecule has 72 valence electrons. The summed E-state index contributed by atoms with van der Waals surface area (Å²) in [5.41, 5.74) is 3.94. The fourth-order valence-corrected chi connectivity index (χ4v) is 2.20. The van der Waals surface area contributed by atoms with Gasteiger partial charge in [-0.2, -0.15) is 0 Å². The molecule has 1 aliphatic heterocycles. The van der Waals surface area contributed by atoms with Gasteiger partial charge < -0.3 is 4.79 Å². The molecule has 1 aromatic rings. The Labute approximate surface area is 83.3 Å². The number of benzene rings is 1. The smallest absolute Gasteiger partial charge is 0.141 e. The molecule has 2 aliphatic rings. The van der Waals surface area contributed by atoms with E-state index in [1.165, 1.54) is 29.5 Å². The molecule has 1 fully saturated rings. The van der Waals surface area contributed by atoms with Crippen LogP contribution in [0.4, 0.5) is 0 Å². The first-order chi connectivity index (χ1) is 6.88. The highest BCUT2D eigenvalue weighted by molar-refractivity contribution is 5.64. The highest BCUT2D eigenvalue weighted by Crippen LogP contribution is 2.41. The van der Waals surface area contributed by atoms with Crippen LogP contribution in [0.5, 0.6) is 0 Å². The quantitative estimate of drug-likeness (QED) is 0.716. The number of hydrogen-bond donors (Lipinski definition) is 1. The summed E-state index contributed by atoms with van der Waals surface area (Å²) in [7, 11) is 0. The van der Waals surface area contributed by atoms with E-state index in [0.29, 0.717) is 0 Å². The third-order valence-corrected chi connectivity index (χ3v) is 3.20. The van der Waals surface area contributed by atoms with Crippen molar-refractivity contribution in [1.29, 1.82) is 0 Å². The molecule has 0 spiro atoms. The second-order valence-corrected chi connectivity index (χ2v) is 4.23. The lowest BCUT2D eigenvalue weighted by Crippen LogP contribution is -2.12. The second-order valence-electron chi connectivity index (χ2n) is 4.23. The van der Waals surface area contributed by atoms with Gasteiger partial charge in [0, 0.05) is 6.54 Å². The Morgan fingerprint density at radius 2 is 2.21 bits per heavy atom. The van der Waals surface area contributed by atoms with E-state index in [0.717, 1.165) is 18.7 Å². The predicted molar refractivity (Wildman–Crippen MR) is 54.1 cm³/mol. The number of hydrogen-bond acceptors (Lipinski definition) is 2. The van der Waals surface area contributed by atoms with E-state index in [-0.39, 0.29) is 6.04 Å². The number of fused-ring (bicyclic) bond motifs is 1. The minimum Gasteiger partial charge on any atom is -0.301 e. The lowest BCUT2D eigenvalue weighted by molar-refractivity contribution is -0.109. The van der Waals surface area contributed by atoms with Crippen molar-refractivity contribution in [3.8, 4) is 0 Å². The van der Waals surface area contributed by atoms with Gasteiger partial charge in [0.05, 0.1) is 6.04 Å². The molecule has 14 heavy (non-hydrogen) atoms. The Balaban J connectivity index is 1.99. The van der Waals surface area contributed by atoms with Crippen LogP contribution in [0, 0.1) is 0 Å². The van der Waals surface area contributed by atoms with Crippen molar-refractivity contribution in [1.82, 2.24) is 5.32 Å². The monoisotopic (exact) mass is 187 g/mol. The molecule has 1 heterocycles. The van der Waals surface area contributed by atoms with Gasteiger partial charge in [0.1, 0.15) is 6.29 Å². The molecular weight excluding hydrogens is 174 g/mol. The summed E-state index contributed by atoms with van der Waals surface area (Å²) < 4.78 is 0. The zero-order chi connectivity index (χ0) is 9.54. The van der Waals surface area contributed by atoms with Crippen LogP contribution in [0.1, 0.15) is 41.5 Å². The first-order valence-corrected chi connectivity index (χ1v) is 5.20. The molecule has 2 heteroatoms. The zero-order valence-corrected chi connectivity index (χ0v) is 7.99. The van der Waals surface area contributed by atoms with E-state index in [9.17, 15) is 4.79 Å². The van der Waals surface area contributed by atoms with E-state index >= 15 is 0 Å². The number of rotatable bonds is 2. The van der Waals surface area contributed by atoms with E-state index in [1.54, 1.807) is 0 Å². The van der Waals surface area contributed by atoms with Gasteiger partial charge in [0.2, 0.25) is 0 Å². The Hall–Kier alpha value is -1.15. The highest BCUT2D eigenvalue weighted by atomic mass is 16.1. The summed E-state index contributed by atoms with van der Waals surface area (Å²) in [6.07, 6.45) is 3.66. The standard InChI is InChI=1S/C12H13NO/c14-7-12-11-4-3-9(8-1-2-8)5-10(11)6-13-12/h3-5,7-8,12-13H,1-2,6H2. The summed E-state index contributed by atoms with van der Waals surface area (Å²) in [4.78, 5) is 10.7. The maximum atomic E-state index is 10.7. The first-order valence-electron chi connectivity index (χ1n) is 5.20. The lowest BCUT2D eigenvalue weighted by atomic mass is 10.0. The van der Waals surface area contributed by atoms with Crippen LogP contribution in [0.25, 0.3) is 0 Å². The summed E-state index contributed by atoms with van der Waals surface area (Å²) in [6.45, 7) is 0.847. The molecule has 0 radical (unpaired) electrons. The molecule has 0 bridgehead atoms. The zero-order valence-electron chi connectivity index (χ0n) is 7.99. The fraction of sp³-hybridized carbons (Fsp3) is 0.417.